The van der Waals surface area contributed by atoms with Gasteiger partial charge in [-0.25, -0.2) is 0 Å². The van der Waals surface area contributed by atoms with Gasteiger partial charge < -0.3 is 19.9 Å². The lowest BCUT2D eigenvalue weighted by molar-refractivity contribution is -0.253. The number of aliphatic hydroxyl groups excluding tert-OH is 1. The van der Waals surface area contributed by atoms with Crippen molar-refractivity contribution in [2.45, 2.75) is 51.0 Å². The van der Waals surface area contributed by atoms with E-state index in [1.807, 2.05) is 48.5 Å². The van der Waals surface area contributed by atoms with Crippen molar-refractivity contribution >= 4 is 5.91 Å². The molecule has 240 valence electrons. The third-order valence-electron chi connectivity index (χ3n) is 8.85. The van der Waals surface area contributed by atoms with Crippen LogP contribution in [0.2, 0.25) is 0 Å². The molecule has 1 aliphatic heterocycles. The molecule has 1 aliphatic rings. The van der Waals surface area contributed by atoms with Crippen LogP contribution in [0.15, 0.2) is 128 Å². The summed E-state index contributed by atoms with van der Waals surface area (Å²) in [5.41, 5.74) is 7.76. The Morgan fingerprint density at radius 1 is 0.872 bits per heavy atom. The molecule has 7 heteroatoms. The third-order valence-corrected chi connectivity index (χ3v) is 8.85. The van der Waals surface area contributed by atoms with Crippen LogP contribution in [0, 0.1) is 0 Å². The predicted molar refractivity (Wildman–Crippen MR) is 183 cm³/mol. The van der Waals surface area contributed by atoms with E-state index in [-0.39, 0.29) is 30.8 Å². The van der Waals surface area contributed by atoms with Gasteiger partial charge >= 0.3 is 0 Å². The van der Waals surface area contributed by atoms with Crippen LogP contribution in [0.1, 0.15) is 70.0 Å². The first kappa shape index (κ1) is 32.3. The predicted octanol–water partition coefficient (Wildman–Crippen LogP) is 7.41. The Labute approximate surface area is 276 Å². The highest BCUT2D eigenvalue weighted by atomic mass is 16.7. The van der Waals surface area contributed by atoms with E-state index in [0.29, 0.717) is 18.5 Å². The van der Waals surface area contributed by atoms with Gasteiger partial charge in [0.1, 0.15) is 0 Å². The van der Waals surface area contributed by atoms with Crippen molar-refractivity contribution < 1.29 is 19.4 Å². The number of aliphatic hydroxyl groups is 1. The summed E-state index contributed by atoms with van der Waals surface area (Å²) < 4.78 is 13.3. The molecule has 0 aliphatic carbocycles. The average Bonchev–Trinajstić information content (AvgIpc) is 3.14. The van der Waals surface area contributed by atoms with E-state index in [1.165, 1.54) is 5.56 Å². The molecule has 4 atom stereocenters. The lowest BCUT2D eigenvalue weighted by Gasteiger charge is -2.39. The number of likely N-dealkylation sites (N-methyl/N-ethyl adjacent to an activating group) is 1. The van der Waals surface area contributed by atoms with Gasteiger partial charge in [-0.1, -0.05) is 91.0 Å². The van der Waals surface area contributed by atoms with E-state index in [9.17, 15) is 9.90 Å². The Morgan fingerprint density at radius 2 is 1.64 bits per heavy atom. The highest BCUT2D eigenvalue weighted by Crippen LogP contribution is 2.39. The Balaban J connectivity index is 1.21. The number of carbonyl (C=O) groups excluding carboxylic acids is 1. The minimum atomic E-state index is -0.557. The maximum Gasteiger partial charge on any atom is 0.253 e. The number of hydrogen-bond donors (Lipinski definition) is 2. The molecule has 0 spiro atoms. The number of carbonyl (C=O) groups is 1. The first-order chi connectivity index (χ1) is 23.0. The number of benzene rings is 4. The summed E-state index contributed by atoms with van der Waals surface area (Å²) in [4.78, 5) is 18.9. The van der Waals surface area contributed by atoms with Crippen LogP contribution in [0.3, 0.4) is 0 Å². The molecule has 0 unspecified atom stereocenters. The largest absolute Gasteiger partial charge is 0.392 e. The molecule has 0 radical (unpaired) electrons. The maximum atomic E-state index is 12.6. The summed E-state index contributed by atoms with van der Waals surface area (Å²) in [7, 11) is 2.14. The van der Waals surface area contributed by atoms with Crippen LogP contribution in [-0.2, 0) is 22.6 Å². The Morgan fingerprint density at radius 3 is 2.38 bits per heavy atom. The molecule has 7 nitrogen and oxygen atoms in total. The molecule has 2 heterocycles. The molecular weight excluding hydrogens is 586 g/mol. The van der Waals surface area contributed by atoms with E-state index in [1.54, 1.807) is 24.5 Å². The Kier molecular flexibility index (Phi) is 10.5. The zero-order valence-electron chi connectivity index (χ0n) is 26.8. The van der Waals surface area contributed by atoms with Crippen molar-refractivity contribution in [2.24, 2.45) is 0 Å². The number of nitrogens with zero attached hydrogens (tertiary/aromatic N) is 2. The molecule has 0 bridgehead atoms. The monoisotopic (exact) mass is 627 g/mol. The molecule has 6 rings (SSSR count). The number of pyridine rings is 1. The third kappa shape index (κ3) is 8.20. The molecule has 0 saturated carbocycles. The quantitative estimate of drug-likeness (QED) is 0.159. The fourth-order valence-electron chi connectivity index (χ4n) is 6.01. The van der Waals surface area contributed by atoms with Crippen molar-refractivity contribution in [3.8, 4) is 11.1 Å². The topological polar surface area (TPSA) is 83.9 Å². The smallest absolute Gasteiger partial charge is 0.253 e. The molecule has 1 aromatic heterocycles. The SMILES string of the molecule is C[C@@H](c1ccccc1)N(C)C[C@H]1C[C@@H](c2ccc(CO)cc2)O[C@@H](c2cccc(-c3cccc(CNC(=O)c4cccnc4)c3)c2)O1. The van der Waals surface area contributed by atoms with Crippen LogP contribution >= 0.6 is 0 Å². The standard InChI is InChI=1S/C40H41N3O4/c1-28(31-10-4-3-5-11-31)43(2)26-37-23-38(32-18-16-29(27-44)17-19-32)47-40(46-37)35-14-7-13-34(22-35)33-12-6-9-30(21-33)24-42-39(45)36-15-8-20-41-25-36/h3-22,25,28,37-38,40,44H,23-24,26-27H2,1-2H3,(H,42,45)/t28-,37+,38-,40-/m0/s1. The summed E-state index contributed by atoms with van der Waals surface area (Å²) >= 11 is 0. The summed E-state index contributed by atoms with van der Waals surface area (Å²) in [6.07, 6.45) is 3.14. The van der Waals surface area contributed by atoms with Gasteiger partial charge in [0.2, 0.25) is 0 Å². The first-order valence-corrected chi connectivity index (χ1v) is 16.1. The molecule has 47 heavy (non-hydrogen) atoms. The van der Waals surface area contributed by atoms with Crippen molar-refractivity contribution in [2.75, 3.05) is 13.6 Å². The maximum absolute atomic E-state index is 12.6. The summed E-state index contributed by atoms with van der Waals surface area (Å²) in [6.45, 7) is 3.38. The zero-order valence-corrected chi connectivity index (χ0v) is 26.8. The summed E-state index contributed by atoms with van der Waals surface area (Å²) in [6, 6.07) is 38.7. The second kappa shape index (κ2) is 15.3. The van der Waals surface area contributed by atoms with Gasteiger partial charge in [-0.15, -0.1) is 0 Å². The van der Waals surface area contributed by atoms with Gasteiger partial charge in [-0.05, 0) is 71.6 Å². The highest BCUT2D eigenvalue weighted by molar-refractivity contribution is 5.93. The van der Waals surface area contributed by atoms with E-state index < -0.39 is 6.29 Å². The number of amides is 1. The van der Waals surface area contributed by atoms with Gasteiger partial charge in [0.05, 0.1) is 24.4 Å². The molecular formula is C40H41N3O4. The van der Waals surface area contributed by atoms with E-state index >= 15 is 0 Å². The van der Waals surface area contributed by atoms with E-state index in [2.05, 4.69) is 83.8 Å². The molecule has 1 fully saturated rings. The molecule has 2 N–H and O–H groups in total. The number of aromatic nitrogens is 1. The van der Waals surface area contributed by atoms with Crippen molar-refractivity contribution in [3.05, 3.63) is 161 Å². The number of hydrogen-bond acceptors (Lipinski definition) is 6. The number of ether oxygens (including phenoxy) is 2. The number of nitrogens with one attached hydrogen (secondary N) is 1. The zero-order chi connectivity index (χ0) is 32.6. The second-order valence-electron chi connectivity index (χ2n) is 12.1. The van der Waals surface area contributed by atoms with E-state index in [4.69, 9.17) is 9.47 Å². The highest BCUT2D eigenvalue weighted by Gasteiger charge is 2.33. The first-order valence-electron chi connectivity index (χ1n) is 16.1. The Hall–Kier alpha value is -4.66. The molecule has 4 aromatic carbocycles. The minimum absolute atomic E-state index is 0.00715. The molecule has 1 amide bonds. The normalized spacial score (nSPS) is 18.5. The van der Waals surface area contributed by atoms with Gasteiger partial charge in [0.25, 0.3) is 5.91 Å². The van der Waals surface area contributed by atoms with Crippen LogP contribution in [0.5, 0.6) is 0 Å². The van der Waals surface area contributed by atoms with Crippen LogP contribution in [0.4, 0.5) is 0 Å². The molecule has 5 aromatic rings. The van der Waals surface area contributed by atoms with Gasteiger partial charge in [0, 0.05) is 43.5 Å². The van der Waals surface area contributed by atoms with Crippen molar-refractivity contribution in [1.29, 1.82) is 0 Å². The van der Waals surface area contributed by atoms with Gasteiger partial charge in [0.15, 0.2) is 6.29 Å². The lowest BCUT2D eigenvalue weighted by Crippen LogP contribution is -2.38. The Bertz CT molecular complexity index is 1750. The number of rotatable bonds is 11. The molecule has 1 saturated heterocycles. The second-order valence-corrected chi connectivity index (χ2v) is 12.1. The fraction of sp³-hybridized carbons (Fsp3) is 0.250. The van der Waals surface area contributed by atoms with Crippen LogP contribution < -0.4 is 5.32 Å². The summed E-state index contributed by atoms with van der Waals surface area (Å²) in [5, 5.41) is 12.6. The summed E-state index contributed by atoms with van der Waals surface area (Å²) in [5.74, 6) is -0.156. The van der Waals surface area contributed by atoms with Gasteiger partial charge in [-0.3, -0.25) is 14.7 Å². The van der Waals surface area contributed by atoms with Gasteiger partial charge in [-0.2, -0.15) is 0 Å². The van der Waals surface area contributed by atoms with E-state index in [0.717, 1.165) is 39.9 Å². The fourth-order valence-corrected chi connectivity index (χ4v) is 6.01. The lowest BCUT2D eigenvalue weighted by atomic mass is 9.98. The van der Waals surface area contributed by atoms with Crippen molar-refractivity contribution in [3.63, 3.8) is 0 Å². The minimum Gasteiger partial charge on any atom is -0.392 e. The van der Waals surface area contributed by atoms with Crippen LogP contribution in [0.25, 0.3) is 11.1 Å². The van der Waals surface area contributed by atoms with Crippen molar-refractivity contribution in [1.82, 2.24) is 15.2 Å². The van der Waals surface area contributed by atoms with Crippen LogP contribution in [-0.4, -0.2) is 40.6 Å². The average molecular weight is 628 g/mol.